The topological polar surface area (TPSA) is 34.1 Å². The zero-order valence-electron chi connectivity index (χ0n) is 14.7. The highest BCUT2D eigenvalue weighted by Crippen LogP contribution is 2.41. The number of aldehydes is 1. The standard InChI is InChI=1S/C25H18O2/c26-18-19-13-15-22(16-14-19)25(21-10-5-2-6-11-21)17-7-12-23(24(25)27)20-8-3-1-4-9-20/h1-18H. The molecule has 0 bridgehead atoms. The van der Waals surface area contributed by atoms with Gasteiger partial charge in [0.05, 0.1) is 0 Å². The first-order valence-electron chi connectivity index (χ1n) is 8.87. The second kappa shape index (κ2) is 7.00. The molecule has 0 radical (unpaired) electrons. The van der Waals surface area contributed by atoms with Gasteiger partial charge in [-0.25, -0.2) is 0 Å². The number of benzene rings is 3. The zero-order valence-corrected chi connectivity index (χ0v) is 14.7. The van der Waals surface area contributed by atoms with Crippen molar-refractivity contribution in [3.05, 3.63) is 125 Å². The molecule has 0 heterocycles. The minimum atomic E-state index is -0.914. The quantitative estimate of drug-likeness (QED) is 0.620. The Balaban J connectivity index is 1.92. The number of Topliss-reactive ketones (excluding diaryl/α,β-unsaturated/α-hetero) is 1. The van der Waals surface area contributed by atoms with Gasteiger partial charge < -0.3 is 0 Å². The SMILES string of the molecule is O=Cc1ccc(C2(c3ccccc3)C=CC=C(c3ccccc3)C2=O)cc1. The molecule has 0 N–H and O–H groups in total. The lowest BCUT2D eigenvalue weighted by Crippen LogP contribution is -2.37. The van der Waals surface area contributed by atoms with Gasteiger partial charge in [-0.2, -0.15) is 0 Å². The van der Waals surface area contributed by atoms with Crippen molar-refractivity contribution < 1.29 is 9.59 Å². The minimum Gasteiger partial charge on any atom is -0.298 e. The lowest BCUT2D eigenvalue weighted by molar-refractivity contribution is -0.116. The summed E-state index contributed by atoms with van der Waals surface area (Å²) in [5.41, 5.74) is 3.02. The molecule has 0 aromatic heterocycles. The van der Waals surface area contributed by atoms with Crippen molar-refractivity contribution in [2.45, 2.75) is 5.41 Å². The Labute approximate surface area is 158 Å². The Morgan fingerprint density at radius 2 is 1.30 bits per heavy atom. The van der Waals surface area contributed by atoms with Crippen LogP contribution in [0.15, 0.2) is 103 Å². The van der Waals surface area contributed by atoms with E-state index in [9.17, 15) is 9.59 Å². The fourth-order valence-corrected chi connectivity index (χ4v) is 3.64. The van der Waals surface area contributed by atoms with Crippen molar-refractivity contribution in [1.29, 1.82) is 0 Å². The van der Waals surface area contributed by atoms with Gasteiger partial charge in [0.15, 0.2) is 5.78 Å². The predicted molar refractivity (Wildman–Crippen MR) is 108 cm³/mol. The van der Waals surface area contributed by atoms with E-state index in [-0.39, 0.29) is 5.78 Å². The van der Waals surface area contributed by atoms with Gasteiger partial charge in [-0.15, -0.1) is 0 Å². The second-order valence-electron chi connectivity index (χ2n) is 6.55. The van der Waals surface area contributed by atoms with Crippen LogP contribution in [0.2, 0.25) is 0 Å². The molecule has 130 valence electrons. The minimum absolute atomic E-state index is 0.0289. The van der Waals surface area contributed by atoms with E-state index in [4.69, 9.17) is 0 Å². The summed E-state index contributed by atoms with van der Waals surface area (Å²) >= 11 is 0. The molecule has 1 atom stereocenters. The Bertz CT molecular complexity index is 1030. The maximum atomic E-state index is 13.8. The molecule has 0 saturated carbocycles. The lowest BCUT2D eigenvalue weighted by Gasteiger charge is -2.33. The first-order valence-corrected chi connectivity index (χ1v) is 8.87. The van der Waals surface area contributed by atoms with Crippen LogP contribution in [0.3, 0.4) is 0 Å². The Hall–Kier alpha value is -3.52. The number of carbonyl (C=O) groups is 2. The molecule has 4 rings (SSSR count). The highest BCUT2D eigenvalue weighted by Gasteiger charge is 2.42. The van der Waals surface area contributed by atoms with E-state index in [0.29, 0.717) is 11.1 Å². The average molecular weight is 350 g/mol. The molecule has 0 fully saturated rings. The third-order valence-corrected chi connectivity index (χ3v) is 5.03. The number of ketones is 1. The fourth-order valence-electron chi connectivity index (χ4n) is 3.64. The Morgan fingerprint density at radius 3 is 1.93 bits per heavy atom. The molecule has 0 spiro atoms. The van der Waals surface area contributed by atoms with E-state index in [1.807, 2.05) is 91.0 Å². The monoisotopic (exact) mass is 350 g/mol. The third-order valence-electron chi connectivity index (χ3n) is 5.03. The van der Waals surface area contributed by atoms with Crippen LogP contribution in [-0.4, -0.2) is 12.1 Å². The molecule has 1 unspecified atom stereocenters. The first-order chi connectivity index (χ1) is 13.3. The number of hydrogen-bond acceptors (Lipinski definition) is 2. The predicted octanol–water partition coefficient (Wildman–Crippen LogP) is 5.01. The Morgan fingerprint density at radius 1 is 0.704 bits per heavy atom. The first kappa shape index (κ1) is 16.9. The largest absolute Gasteiger partial charge is 0.298 e. The van der Waals surface area contributed by atoms with Gasteiger partial charge >= 0.3 is 0 Å². The molecule has 3 aromatic carbocycles. The van der Waals surface area contributed by atoms with Gasteiger partial charge in [-0.1, -0.05) is 103 Å². The summed E-state index contributed by atoms with van der Waals surface area (Å²) in [7, 11) is 0. The van der Waals surface area contributed by atoms with Crippen molar-refractivity contribution in [3.63, 3.8) is 0 Å². The van der Waals surface area contributed by atoms with Crippen molar-refractivity contribution in [2.24, 2.45) is 0 Å². The van der Waals surface area contributed by atoms with Gasteiger partial charge in [0.1, 0.15) is 11.7 Å². The van der Waals surface area contributed by atoms with Gasteiger partial charge in [0.25, 0.3) is 0 Å². The fraction of sp³-hybridized carbons (Fsp3) is 0.0400. The van der Waals surface area contributed by atoms with Crippen molar-refractivity contribution in [1.82, 2.24) is 0 Å². The maximum Gasteiger partial charge on any atom is 0.182 e. The van der Waals surface area contributed by atoms with Crippen LogP contribution in [0.5, 0.6) is 0 Å². The molecule has 0 aliphatic heterocycles. The van der Waals surface area contributed by atoms with E-state index in [2.05, 4.69) is 0 Å². The van der Waals surface area contributed by atoms with E-state index in [1.54, 1.807) is 12.1 Å². The van der Waals surface area contributed by atoms with Crippen LogP contribution >= 0.6 is 0 Å². The van der Waals surface area contributed by atoms with Crippen molar-refractivity contribution in [3.8, 4) is 0 Å². The van der Waals surface area contributed by atoms with Gasteiger partial charge in [0, 0.05) is 11.1 Å². The summed E-state index contributed by atoms with van der Waals surface area (Å²) in [5.74, 6) is 0.0289. The highest BCUT2D eigenvalue weighted by atomic mass is 16.1. The number of carbonyl (C=O) groups excluding carboxylic acids is 2. The van der Waals surface area contributed by atoms with Crippen molar-refractivity contribution in [2.75, 3.05) is 0 Å². The molecule has 2 heteroatoms. The molecule has 2 nitrogen and oxygen atoms in total. The normalized spacial score (nSPS) is 18.8. The van der Waals surface area contributed by atoms with Crippen LogP contribution in [0.25, 0.3) is 5.57 Å². The average Bonchev–Trinajstić information content (AvgIpc) is 2.75. The Kier molecular flexibility index (Phi) is 4.39. The van der Waals surface area contributed by atoms with E-state index in [1.165, 1.54) is 0 Å². The van der Waals surface area contributed by atoms with Gasteiger partial charge in [-0.3, -0.25) is 9.59 Å². The molecule has 1 aliphatic carbocycles. The number of allylic oxidation sites excluding steroid dienone is 4. The maximum absolute atomic E-state index is 13.8. The summed E-state index contributed by atoms with van der Waals surface area (Å²) in [6, 6.07) is 26.7. The van der Waals surface area contributed by atoms with Gasteiger partial charge in [-0.05, 0) is 16.7 Å². The second-order valence-corrected chi connectivity index (χ2v) is 6.55. The molecule has 0 saturated heterocycles. The molecule has 27 heavy (non-hydrogen) atoms. The molecular formula is C25H18O2. The van der Waals surface area contributed by atoms with Crippen LogP contribution in [0, 0.1) is 0 Å². The number of rotatable bonds is 4. The molecule has 1 aliphatic rings. The van der Waals surface area contributed by atoms with Crippen molar-refractivity contribution >= 4 is 17.6 Å². The molecule has 3 aromatic rings. The van der Waals surface area contributed by atoms with Crippen LogP contribution in [0.1, 0.15) is 27.0 Å². The zero-order chi connectivity index (χ0) is 18.7. The summed E-state index contributed by atoms with van der Waals surface area (Å²) in [5, 5.41) is 0. The van der Waals surface area contributed by atoms with Gasteiger partial charge in [0.2, 0.25) is 0 Å². The third kappa shape index (κ3) is 2.85. The summed E-state index contributed by atoms with van der Waals surface area (Å²) in [6.45, 7) is 0. The smallest absolute Gasteiger partial charge is 0.182 e. The van der Waals surface area contributed by atoms with E-state index in [0.717, 1.165) is 23.0 Å². The van der Waals surface area contributed by atoms with Crippen LogP contribution < -0.4 is 0 Å². The highest BCUT2D eigenvalue weighted by molar-refractivity contribution is 6.28. The van der Waals surface area contributed by atoms with Crippen LogP contribution in [-0.2, 0) is 10.2 Å². The van der Waals surface area contributed by atoms with E-state index < -0.39 is 5.41 Å². The molecular weight excluding hydrogens is 332 g/mol. The summed E-state index contributed by atoms with van der Waals surface area (Å²) < 4.78 is 0. The van der Waals surface area contributed by atoms with Crippen LogP contribution in [0.4, 0.5) is 0 Å². The van der Waals surface area contributed by atoms with E-state index >= 15 is 0 Å². The lowest BCUT2D eigenvalue weighted by atomic mass is 9.66. The summed E-state index contributed by atoms with van der Waals surface area (Å²) in [6.07, 6.45) is 6.59. The number of hydrogen-bond donors (Lipinski definition) is 0. The summed E-state index contributed by atoms with van der Waals surface area (Å²) in [4.78, 5) is 24.9. The molecule has 0 amide bonds.